The molecule has 0 atom stereocenters. The maximum Gasteiger partial charge on any atom is 0.0543 e. The van der Waals surface area contributed by atoms with Crippen molar-refractivity contribution in [3.05, 3.63) is 276 Å². The molecule has 0 amide bonds. The van der Waals surface area contributed by atoms with Crippen molar-refractivity contribution in [3.63, 3.8) is 0 Å². The first-order valence-electron chi connectivity index (χ1n) is 27.3. The molecule has 11 aromatic carbocycles. The third kappa shape index (κ3) is 9.44. The average molecular weight is 997 g/mol. The topological polar surface area (TPSA) is 6.48 Å². The summed E-state index contributed by atoms with van der Waals surface area (Å²) in [4.78, 5) is 5.14. The van der Waals surface area contributed by atoms with Crippen LogP contribution in [0.5, 0.6) is 0 Å². The van der Waals surface area contributed by atoms with Gasteiger partial charge in [0.1, 0.15) is 0 Å². The van der Waals surface area contributed by atoms with Gasteiger partial charge in [-0.05, 0) is 182 Å². The highest BCUT2D eigenvalue weighted by Crippen LogP contribution is 2.52. The number of allylic oxidation sites excluding steroid dienone is 4. The molecule has 0 bridgehead atoms. The fraction of sp³-hybridized carbons (Fsp3) is 0.147. The summed E-state index contributed by atoms with van der Waals surface area (Å²) in [7, 11) is 0. The predicted octanol–water partition coefficient (Wildman–Crippen LogP) is 21.9. The second-order valence-corrected chi connectivity index (χ2v) is 21.6. The molecular weight excluding hydrogens is 929 g/mol. The zero-order valence-electron chi connectivity index (χ0n) is 46.1. The zero-order chi connectivity index (χ0) is 53.5. The van der Waals surface area contributed by atoms with Gasteiger partial charge in [-0.25, -0.2) is 0 Å². The van der Waals surface area contributed by atoms with E-state index in [0.717, 1.165) is 34.0 Å². The van der Waals surface area contributed by atoms with E-state index in [1.54, 1.807) is 0 Å². The van der Waals surface area contributed by atoms with Gasteiger partial charge >= 0.3 is 0 Å². The van der Waals surface area contributed by atoms with Gasteiger partial charge in [-0.3, -0.25) is 0 Å². The van der Waals surface area contributed by atoms with Crippen molar-refractivity contribution < 1.29 is 0 Å². The number of nitrogens with zero attached hydrogens (tertiary/aromatic N) is 2. The summed E-state index contributed by atoms with van der Waals surface area (Å²) in [5.74, 6) is 0.451. The maximum atomic E-state index is 4.43. The fourth-order valence-electron chi connectivity index (χ4n) is 11.5. The van der Waals surface area contributed by atoms with Gasteiger partial charge in [-0.1, -0.05) is 222 Å². The lowest BCUT2D eigenvalue weighted by atomic mass is 9.83. The molecule has 77 heavy (non-hydrogen) atoms. The van der Waals surface area contributed by atoms with Crippen LogP contribution in [0.2, 0.25) is 0 Å². The number of hydrogen-bond acceptors (Lipinski definition) is 2. The van der Waals surface area contributed by atoms with Gasteiger partial charge in [0.2, 0.25) is 0 Å². The third-order valence-corrected chi connectivity index (χ3v) is 15.8. The van der Waals surface area contributed by atoms with E-state index in [9.17, 15) is 0 Å². The lowest BCUT2D eigenvalue weighted by Crippen LogP contribution is -2.19. The number of hydrogen-bond donors (Lipinski definition) is 0. The molecule has 378 valence electrons. The third-order valence-electron chi connectivity index (χ3n) is 15.8. The second-order valence-electron chi connectivity index (χ2n) is 21.6. The Morgan fingerprint density at radius 2 is 0.766 bits per heavy atom. The molecule has 0 saturated carbocycles. The minimum Gasteiger partial charge on any atom is -0.309 e. The van der Waals surface area contributed by atoms with Crippen molar-refractivity contribution in [2.24, 2.45) is 0 Å². The van der Waals surface area contributed by atoms with E-state index < -0.39 is 0 Å². The Hall–Kier alpha value is -8.72. The molecule has 0 aromatic heterocycles. The molecule has 0 aliphatic rings. The summed E-state index contributed by atoms with van der Waals surface area (Å²) in [6.45, 7) is 25.1. The molecular formula is C75H68N2. The van der Waals surface area contributed by atoms with Crippen LogP contribution in [-0.4, -0.2) is 0 Å². The summed E-state index contributed by atoms with van der Waals surface area (Å²) < 4.78 is 0. The summed E-state index contributed by atoms with van der Waals surface area (Å²) in [5.41, 5.74) is 23.6. The first kappa shape index (κ1) is 50.4. The molecule has 2 heteroatoms. The molecule has 0 N–H and O–H groups in total. The van der Waals surface area contributed by atoms with Crippen molar-refractivity contribution in [1.29, 1.82) is 0 Å². The minimum atomic E-state index is 0.221. The van der Waals surface area contributed by atoms with Crippen LogP contribution in [0.3, 0.4) is 0 Å². The van der Waals surface area contributed by atoms with E-state index in [2.05, 4.69) is 297 Å². The van der Waals surface area contributed by atoms with Crippen LogP contribution in [0.15, 0.2) is 242 Å². The Labute approximate surface area is 457 Å². The summed E-state index contributed by atoms with van der Waals surface area (Å²) in [5, 5.41) is 7.58. The smallest absolute Gasteiger partial charge is 0.0543 e. The lowest BCUT2D eigenvalue weighted by Gasteiger charge is -2.34. The van der Waals surface area contributed by atoms with Crippen LogP contribution in [0, 0.1) is 20.8 Å². The van der Waals surface area contributed by atoms with E-state index in [1.807, 2.05) is 6.08 Å². The molecule has 0 saturated heterocycles. The van der Waals surface area contributed by atoms with Crippen LogP contribution in [0.1, 0.15) is 86.8 Å². The molecule has 0 fully saturated rings. The Morgan fingerprint density at radius 1 is 0.390 bits per heavy atom. The van der Waals surface area contributed by atoms with E-state index in [1.165, 1.54) is 110 Å². The van der Waals surface area contributed by atoms with Gasteiger partial charge in [0, 0.05) is 33.5 Å². The second kappa shape index (κ2) is 21.1. The van der Waals surface area contributed by atoms with Gasteiger partial charge in [0.05, 0.1) is 11.4 Å². The van der Waals surface area contributed by atoms with Crippen LogP contribution < -0.4 is 9.80 Å². The molecule has 0 aliphatic heterocycles. The van der Waals surface area contributed by atoms with Crippen molar-refractivity contribution in [2.75, 3.05) is 9.80 Å². The van der Waals surface area contributed by atoms with Gasteiger partial charge in [-0.2, -0.15) is 0 Å². The minimum absolute atomic E-state index is 0.221. The highest BCUT2D eigenvalue weighted by Gasteiger charge is 2.29. The monoisotopic (exact) mass is 997 g/mol. The molecule has 0 heterocycles. The summed E-state index contributed by atoms with van der Waals surface area (Å²) in [6, 6.07) is 78.8. The molecule has 11 aromatic rings. The molecule has 11 rings (SSSR count). The SMILES string of the molecule is C=C/C(C)=C(\C=C(/C)c1ccccc1)N(c1cc(-c2ccccc2)ccc1C)c1cc(C(C)C)c2ccc3c(N(c4cc(-c5ccccc5)ccc4C)c4cc(-c5ccccc5)ccc4C)cc(C(C)C)c4ccc1c2c43. The molecule has 2 nitrogen and oxygen atoms in total. The van der Waals surface area contributed by atoms with Crippen LogP contribution >= 0.6 is 0 Å². The van der Waals surface area contributed by atoms with E-state index >= 15 is 0 Å². The van der Waals surface area contributed by atoms with E-state index in [-0.39, 0.29) is 11.8 Å². The van der Waals surface area contributed by atoms with Crippen molar-refractivity contribution in [3.8, 4) is 33.4 Å². The number of anilines is 5. The highest BCUT2D eigenvalue weighted by atomic mass is 15.2. The first-order valence-corrected chi connectivity index (χ1v) is 27.3. The molecule has 0 spiro atoms. The fourth-order valence-corrected chi connectivity index (χ4v) is 11.5. The number of aryl methyl sites for hydroxylation is 3. The molecule has 0 aliphatic carbocycles. The first-order chi connectivity index (χ1) is 37.4. The number of benzene rings is 11. The zero-order valence-corrected chi connectivity index (χ0v) is 46.1. The Bertz CT molecular complexity index is 3940. The molecule has 0 unspecified atom stereocenters. The summed E-state index contributed by atoms with van der Waals surface area (Å²) >= 11 is 0. The van der Waals surface area contributed by atoms with E-state index in [4.69, 9.17) is 0 Å². The van der Waals surface area contributed by atoms with Crippen molar-refractivity contribution in [2.45, 2.75) is 74.1 Å². The standard InChI is InChI=1S/C75H68N2/c1-11-50(6)68(42-54(10)55-24-16-12-17-25-55)76(69-43-59(35-32-51(69)7)56-26-18-13-19-27-56)72-46-66(48(2)3)62-39-41-65-73(47-67(49(4)5)63-38-40-64(72)74(62)75(63)65)77(70-44-60(36-33-52(70)8)57-28-20-14-21-29-57)71-45-61(37-34-53(71)9)58-30-22-15-23-31-58/h11-49H,1H2,2-10H3/b54-42+,68-50+. The van der Waals surface area contributed by atoms with Gasteiger partial charge in [0.25, 0.3) is 0 Å². The van der Waals surface area contributed by atoms with Gasteiger partial charge in [0.15, 0.2) is 0 Å². The maximum absolute atomic E-state index is 4.43. The largest absolute Gasteiger partial charge is 0.309 e. The van der Waals surface area contributed by atoms with Crippen molar-refractivity contribution in [1.82, 2.24) is 0 Å². The normalized spacial score (nSPS) is 12.3. The lowest BCUT2D eigenvalue weighted by molar-refractivity contribution is 0.875. The van der Waals surface area contributed by atoms with Gasteiger partial charge < -0.3 is 9.80 Å². The highest BCUT2D eigenvalue weighted by molar-refractivity contribution is 6.29. The Morgan fingerprint density at radius 3 is 1.19 bits per heavy atom. The Balaban J connectivity index is 1.27. The quantitative estimate of drug-likeness (QED) is 0.0791. The van der Waals surface area contributed by atoms with Crippen LogP contribution in [-0.2, 0) is 0 Å². The Kier molecular flexibility index (Phi) is 13.8. The molecule has 0 radical (unpaired) electrons. The number of rotatable bonds is 14. The predicted molar refractivity (Wildman–Crippen MR) is 335 cm³/mol. The van der Waals surface area contributed by atoms with Crippen LogP contribution in [0.25, 0.3) is 71.3 Å². The average Bonchev–Trinajstić information content (AvgIpc) is 3.51. The van der Waals surface area contributed by atoms with E-state index in [0.29, 0.717) is 0 Å². The van der Waals surface area contributed by atoms with Crippen LogP contribution in [0.4, 0.5) is 28.4 Å². The van der Waals surface area contributed by atoms with Gasteiger partial charge in [-0.15, -0.1) is 0 Å². The summed E-state index contributed by atoms with van der Waals surface area (Å²) in [6.07, 6.45) is 4.39. The van der Waals surface area contributed by atoms with Crippen molar-refractivity contribution >= 4 is 66.3 Å².